The summed E-state index contributed by atoms with van der Waals surface area (Å²) in [7, 11) is 3.73. The fourth-order valence-electron chi connectivity index (χ4n) is 3.72. The second-order valence-electron chi connectivity index (χ2n) is 8.91. The molecule has 6 nitrogen and oxygen atoms in total. The second-order valence-corrected chi connectivity index (χ2v) is 8.91. The standard InChI is InChI=1S/C23H46N2O4/c1-5-7-8-9-10-11-12-13-14-15-16-17-18-21(29-23(28)24-6-2)19-25(3,4)20-22(26)27/h21H,5-20H2,1-4H3,(H-,24,26,27,28)/p+1. The number of alkyl carbamates (subject to hydrolysis) is 1. The molecular weight excluding hydrogens is 368 g/mol. The molecule has 0 fully saturated rings. The summed E-state index contributed by atoms with van der Waals surface area (Å²) >= 11 is 0. The number of nitrogens with zero attached hydrogens (tertiary/aromatic N) is 1. The van der Waals surface area contributed by atoms with E-state index in [2.05, 4.69) is 12.2 Å². The Hall–Kier alpha value is -1.30. The van der Waals surface area contributed by atoms with Gasteiger partial charge in [-0.1, -0.05) is 77.6 Å². The number of amides is 1. The molecule has 1 unspecified atom stereocenters. The van der Waals surface area contributed by atoms with Crippen LogP contribution in [0.1, 0.15) is 97.3 Å². The normalized spacial score (nSPS) is 12.6. The van der Waals surface area contributed by atoms with E-state index in [0.717, 1.165) is 19.3 Å². The minimum absolute atomic E-state index is 0.0215. The Morgan fingerprint density at radius 1 is 0.862 bits per heavy atom. The van der Waals surface area contributed by atoms with Crippen molar-refractivity contribution in [1.29, 1.82) is 0 Å². The van der Waals surface area contributed by atoms with Crippen molar-refractivity contribution >= 4 is 12.1 Å². The first-order valence-corrected chi connectivity index (χ1v) is 11.8. The number of quaternary nitrogens is 1. The van der Waals surface area contributed by atoms with E-state index in [0.29, 0.717) is 17.6 Å². The lowest BCUT2D eigenvalue weighted by Crippen LogP contribution is -2.50. The van der Waals surface area contributed by atoms with E-state index < -0.39 is 12.1 Å². The van der Waals surface area contributed by atoms with Gasteiger partial charge in [0.1, 0.15) is 6.54 Å². The highest BCUT2D eigenvalue weighted by atomic mass is 16.6. The van der Waals surface area contributed by atoms with Gasteiger partial charge in [-0.2, -0.15) is 0 Å². The van der Waals surface area contributed by atoms with Crippen molar-refractivity contribution in [2.24, 2.45) is 0 Å². The maximum Gasteiger partial charge on any atom is 0.407 e. The lowest BCUT2D eigenvalue weighted by atomic mass is 10.0. The number of rotatable bonds is 19. The number of unbranched alkanes of at least 4 members (excludes halogenated alkanes) is 11. The average Bonchev–Trinajstić information content (AvgIpc) is 2.61. The molecule has 0 aliphatic carbocycles. The lowest BCUT2D eigenvalue weighted by molar-refractivity contribution is -0.886. The molecule has 0 saturated heterocycles. The molecule has 0 saturated carbocycles. The number of carboxylic acids is 1. The van der Waals surface area contributed by atoms with Crippen LogP contribution >= 0.6 is 0 Å². The topological polar surface area (TPSA) is 75.6 Å². The van der Waals surface area contributed by atoms with Crippen LogP contribution in [-0.2, 0) is 9.53 Å². The zero-order valence-corrected chi connectivity index (χ0v) is 19.5. The smallest absolute Gasteiger partial charge is 0.407 e. The minimum atomic E-state index is -0.836. The largest absolute Gasteiger partial charge is 0.477 e. The van der Waals surface area contributed by atoms with Crippen LogP contribution in [-0.4, -0.2) is 61.5 Å². The molecule has 172 valence electrons. The summed E-state index contributed by atoms with van der Waals surface area (Å²) in [6.45, 7) is 5.17. The van der Waals surface area contributed by atoms with Crippen molar-refractivity contribution < 1.29 is 23.9 Å². The SMILES string of the molecule is CCCCCCCCCCCCCCC(C[N+](C)(C)CC(=O)O)OC(=O)NCC. The van der Waals surface area contributed by atoms with E-state index in [1.165, 1.54) is 64.2 Å². The summed E-state index contributed by atoms with van der Waals surface area (Å²) in [5.41, 5.74) is 0. The van der Waals surface area contributed by atoms with Crippen LogP contribution in [0.15, 0.2) is 0 Å². The van der Waals surface area contributed by atoms with Gasteiger partial charge in [0.2, 0.25) is 0 Å². The van der Waals surface area contributed by atoms with Gasteiger partial charge < -0.3 is 19.6 Å². The summed E-state index contributed by atoms with van der Waals surface area (Å²) in [6, 6.07) is 0. The van der Waals surface area contributed by atoms with Crippen LogP contribution in [0.3, 0.4) is 0 Å². The number of nitrogens with one attached hydrogen (secondary N) is 1. The van der Waals surface area contributed by atoms with Crippen LogP contribution < -0.4 is 5.32 Å². The molecule has 0 radical (unpaired) electrons. The number of ether oxygens (including phenoxy) is 1. The molecule has 2 N–H and O–H groups in total. The summed E-state index contributed by atoms with van der Waals surface area (Å²) in [5.74, 6) is -0.836. The monoisotopic (exact) mass is 415 g/mol. The Morgan fingerprint density at radius 3 is 1.79 bits per heavy atom. The Morgan fingerprint density at radius 2 is 1.34 bits per heavy atom. The van der Waals surface area contributed by atoms with Crippen LogP contribution in [0, 0.1) is 0 Å². The summed E-state index contributed by atoms with van der Waals surface area (Å²) in [4.78, 5) is 22.9. The number of carbonyl (C=O) groups excluding carboxylic acids is 1. The van der Waals surface area contributed by atoms with Gasteiger partial charge in [-0.15, -0.1) is 0 Å². The molecule has 0 spiro atoms. The van der Waals surface area contributed by atoms with Crippen molar-refractivity contribution in [3.05, 3.63) is 0 Å². The highest BCUT2D eigenvalue weighted by Crippen LogP contribution is 2.15. The number of aliphatic carboxylic acids is 1. The maximum absolute atomic E-state index is 11.8. The molecular formula is C23H47N2O4+. The van der Waals surface area contributed by atoms with Crippen LogP contribution in [0.2, 0.25) is 0 Å². The van der Waals surface area contributed by atoms with Crippen LogP contribution in [0.5, 0.6) is 0 Å². The Balaban J connectivity index is 4.01. The highest BCUT2D eigenvalue weighted by molar-refractivity contribution is 5.68. The first-order chi connectivity index (χ1) is 13.8. The van der Waals surface area contributed by atoms with Gasteiger partial charge in [-0.3, -0.25) is 0 Å². The lowest BCUT2D eigenvalue weighted by Gasteiger charge is -2.31. The fourth-order valence-corrected chi connectivity index (χ4v) is 3.72. The number of hydrogen-bond donors (Lipinski definition) is 2. The van der Waals surface area contributed by atoms with Crippen LogP contribution in [0.4, 0.5) is 4.79 Å². The van der Waals surface area contributed by atoms with E-state index in [1.54, 1.807) is 0 Å². The number of likely N-dealkylation sites (N-methyl/N-ethyl adjacent to an activating group) is 1. The quantitative estimate of drug-likeness (QED) is 0.220. The van der Waals surface area contributed by atoms with Gasteiger partial charge in [0, 0.05) is 6.54 Å². The molecule has 0 aliphatic rings. The molecule has 0 aromatic rings. The molecule has 29 heavy (non-hydrogen) atoms. The van der Waals surface area contributed by atoms with Crippen molar-refractivity contribution in [3.8, 4) is 0 Å². The van der Waals surface area contributed by atoms with Crippen LogP contribution in [0.25, 0.3) is 0 Å². The Labute approximate surface area is 179 Å². The number of carboxylic acid groups (broad SMARTS) is 1. The predicted octanol–water partition coefficient (Wildman–Crippen LogP) is 5.35. The van der Waals surface area contributed by atoms with Crippen molar-refractivity contribution in [3.63, 3.8) is 0 Å². The van der Waals surface area contributed by atoms with E-state index in [1.807, 2.05) is 21.0 Å². The molecule has 0 aliphatic heterocycles. The molecule has 0 rings (SSSR count). The number of hydrogen-bond acceptors (Lipinski definition) is 3. The fraction of sp³-hybridized carbons (Fsp3) is 0.913. The first-order valence-electron chi connectivity index (χ1n) is 11.8. The van der Waals surface area contributed by atoms with Crippen molar-refractivity contribution in [2.45, 2.75) is 103 Å². The molecule has 6 heteroatoms. The van der Waals surface area contributed by atoms with Crippen molar-refractivity contribution in [2.75, 3.05) is 33.7 Å². The maximum atomic E-state index is 11.8. The van der Waals surface area contributed by atoms with Gasteiger partial charge in [-0.25, -0.2) is 9.59 Å². The average molecular weight is 416 g/mol. The summed E-state index contributed by atoms with van der Waals surface area (Å²) in [6.07, 6.45) is 15.6. The van der Waals surface area contributed by atoms with Gasteiger partial charge >= 0.3 is 12.1 Å². The summed E-state index contributed by atoms with van der Waals surface area (Å²) < 4.78 is 5.85. The molecule has 1 amide bonds. The zero-order valence-electron chi connectivity index (χ0n) is 19.5. The van der Waals surface area contributed by atoms with E-state index in [4.69, 9.17) is 9.84 Å². The third kappa shape index (κ3) is 18.5. The van der Waals surface area contributed by atoms with Gasteiger partial charge in [-0.05, 0) is 19.8 Å². The van der Waals surface area contributed by atoms with Gasteiger partial charge in [0.25, 0.3) is 0 Å². The number of carbonyl (C=O) groups is 2. The second kappa shape index (κ2) is 17.5. The Bertz CT molecular complexity index is 427. The molecule has 0 heterocycles. The first kappa shape index (κ1) is 27.7. The third-order valence-electron chi connectivity index (χ3n) is 5.24. The highest BCUT2D eigenvalue weighted by Gasteiger charge is 2.27. The van der Waals surface area contributed by atoms with Gasteiger partial charge in [0.15, 0.2) is 12.6 Å². The van der Waals surface area contributed by atoms with Crippen molar-refractivity contribution in [1.82, 2.24) is 5.32 Å². The molecule has 0 aromatic heterocycles. The molecule has 1 atom stereocenters. The van der Waals surface area contributed by atoms with E-state index in [9.17, 15) is 9.59 Å². The van der Waals surface area contributed by atoms with E-state index >= 15 is 0 Å². The molecule has 0 bridgehead atoms. The summed E-state index contributed by atoms with van der Waals surface area (Å²) in [5, 5.41) is 11.7. The predicted molar refractivity (Wildman–Crippen MR) is 119 cm³/mol. The van der Waals surface area contributed by atoms with Gasteiger partial charge in [0.05, 0.1) is 14.1 Å². The third-order valence-corrected chi connectivity index (χ3v) is 5.24. The van der Waals surface area contributed by atoms with E-state index in [-0.39, 0.29) is 12.6 Å². The Kier molecular flexibility index (Phi) is 16.8. The minimum Gasteiger partial charge on any atom is -0.477 e. The zero-order chi connectivity index (χ0) is 22.0. The molecule has 0 aromatic carbocycles.